The Bertz CT molecular complexity index is 933. The summed E-state index contributed by atoms with van der Waals surface area (Å²) in [4.78, 5) is 70.8. The van der Waals surface area contributed by atoms with E-state index < -0.39 is 66.8 Å². The zero-order valence-electron chi connectivity index (χ0n) is 19.3. The van der Waals surface area contributed by atoms with Gasteiger partial charge in [0.15, 0.2) is 5.96 Å². The molecule has 0 aromatic carbocycles. The number of carboxylic acids is 1. The van der Waals surface area contributed by atoms with Crippen LogP contribution in [0.15, 0.2) is 17.5 Å². The second kappa shape index (κ2) is 14.9. The van der Waals surface area contributed by atoms with E-state index in [1.54, 1.807) is 0 Å². The largest absolute Gasteiger partial charge is 0.480 e. The minimum absolute atomic E-state index is 0.0431. The summed E-state index contributed by atoms with van der Waals surface area (Å²) in [6, 6.07) is -5.58. The van der Waals surface area contributed by atoms with E-state index in [2.05, 4.69) is 30.9 Å². The third kappa shape index (κ3) is 10.8. The van der Waals surface area contributed by atoms with Crippen molar-refractivity contribution in [2.45, 2.75) is 49.9 Å². The number of aromatic nitrogens is 2. The van der Waals surface area contributed by atoms with Gasteiger partial charge in [0.2, 0.25) is 23.6 Å². The number of nitrogens with one attached hydrogen (secondary N) is 4. The number of nitrogens with zero attached hydrogens (tertiary/aromatic N) is 2. The molecule has 200 valence electrons. The number of hydrogen-bond donors (Lipinski definition) is 10. The molecule has 1 aromatic heterocycles. The average Bonchev–Trinajstić information content (AvgIpc) is 3.30. The third-order valence-corrected chi connectivity index (χ3v) is 4.75. The first-order valence-corrected chi connectivity index (χ1v) is 10.8. The van der Waals surface area contributed by atoms with Crippen molar-refractivity contribution in [3.8, 4) is 0 Å². The minimum atomic E-state index is -1.59. The van der Waals surface area contributed by atoms with Crippen molar-refractivity contribution in [3.63, 3.8) is 0 Å². The highest BCUT2D eigenvalue weighted by Gasteiger charge is 2.30. The predicted molar refractivity (Wildman–Crippen MR) is 125 cm³/mol. The fraction of sp³-hybridized carbons (Fsp3) is 0.526. The molecule has 0 fully saturated rings. The van der Waals surface area contributed by atoms with Crippen LogP contribution in [0, 0.1) is 0 Å². The van der Waals surface area contributed by atoms with Crippen LogP contribution >= 0.6 is 0 Å². The number of nitrogens with two attached hydrogens (primary N) is 4. The van der Waals surface area contributed by atoms with Gasteiger partial charge >= 0.3 is 5.97 Å². The van der Waals surface area contributed by atoms with Gasteiger partial charge < -0.3 is 54.1 Å². The Morgan fingerprint density at radius 2 is 1.61 bits per heavy atom. The molecule has 1 rings (SSSR count). The summed E-state index contributed by atoms with van der Waals surface area (Å²) < 4.78 is 0. The smallest absolute Gasteiger partial charge is 0.326 e. The van der Waals surface area contributed by atoms with Crippen LogP contribution < -0.4 is 38.9 Å². The van der Waals surface area contributed by atoms with Crippen molar-refractivity contribution < 1.29 is 34.2 Å². The molecular formula is C19H32N10O7. The molecule has 4 unspecified atom stereocenters. The van der Waals surface area contributed by atoms with Crippen molar-refractivity contribution in [3.05, 3.63) is 18.2 Å². The number of rotatable bonds is 16. The van der Waals surface area contributed by atoms with E-state index in [1.807, 2.05) is 0 Å². The summed E-state index contributed by atoms with van der Waals surface area (Å²) in [5.74, 6) is -5.29. The van der Waals surface area contributed by atoms with Gasteiger partial charge in [0.1, 0.15) is 18.1 Å². The second-order valence-corrected chi connectivity index (χ2v) is 7.71. The van der Waals surface area contributed by atoms with Crippen LogP contribution in [-0.4, -0.2) is 93.1 Å². The first kappa shape index (κ1) is 29.8. The molecule has 0 aliphatic heterocycles. The molecule has 0 bridgehead atoms. The molecule has 4 atom stereocenters. The van der Waals surface area contributed by atoms with E-state index in [-0.39, 0.29) is 31.8 Å². The van der Waals surface area contributed by atoms with Gasteiger partial charge in [-0.3, -0.25) is 24.2 Å². The summed E-state index contributed by atoms with van der Waals surface area (Å²) in [5, 5.41) is 25.5. The van der Waals surface area contributed by atoms with Gasteiger partial charge in [-0.15, -0.1) is 0 Å². The third-order valence-electron chi connectivity index (χ3n) is 4.75. The number of aromatic amines is 1. The number of H-pyrrole nitrogens is 1. The standard InChI is InChI=1S/C19H32N10O7/c20-10(4-9-6-24-8-26-9)15(32)28-12(5-14(21)31)16(33)29-13(7-30)17(34)27-11(18(35)36)2-1-3-25-19(22)23/h6,8,10-13,30H,1-5,7,20H2,(H2,21,31)(H,24,26)(H,27,34)(H,28,32)(H,29,33)(H,35,36)(H4,22,23,25). The summed E-state index contributed by atoms with van der Waals surface area (Å²) in [5.41, 5.74) is 21.9. The number of primary amides is 1. The molecule has 4 amide bonds. The van der Waals surface area contributed by atoms with Gasteiger partial charge in [-0.1, -0.05) is 0 Å². The number of aliphatic hydroxyl groups is 1. The van der Waals surface area contributed by atoms with E-state index in [1.165, 1.54) is 12.5 Å². The van der Waals surface area contributed by atoms with Gasteiger partial charge in [-0.2, -0.15) is 0 Å². The van der Waals surface area contributed by atoms with E-state index in [0.717, 1.165) is 0 Å². The Hall–Kier alpha value is -4.25. The molecule has 0 aliphatic carbocycles. The first-order valence-electron chi connectivity index (χ1n) is 10.8. The number of aliphatic carboxylic acids is 1. The van der Waals surface area contributed by atoms with Crippen LogP contribution in [0.25, 0.3) is 0 Å². The normalized spacial score (nSPS) is 13.9. The summed E-state index contributed by atoms with van der Waals surface area (Å²) in [7, 11) is 0. The van der Waals surface area contributed by atoms with E-state index in [0.29, 0.717) is 5.69 Å². The van der Waals surface area contributed by atoms with Gasteiger partial charge in [0.05, 0.1) is 25.4 Å². The molecule has 0 saturated heterocycles. The predicted octanol–water partition coefficient (Wildman–Crippen LogP) is -5.26. The summed E-state index contributed by atoms with van der Waals surface area (Å²) in [6.45, 7) is -0.784. The molecule has 1 heterocycles. The van der Waals surface area contributed by atoms with Crippen molar-refractivity contribution >= 4 is 35.6 Å². The van der Waals surface area contributed by atoms with Crippen LogP contribution in [-0.2, 0) is 30.4 Å². The van der Waals surface area contributed by atoms with E-state index in [4.69, 9.17) is 22.9 Å². The fourth-order valence-corrected chi connectivity index (χ4v) is 2.91. The van der Waals surface area contributed by atoms with Crippen molar-refractivity contribution in [2.75, 3.05) is 13.2 Å². The monoisotopic (exact) mass is 512 g/mol. The fourth-order valence-electron chi connectivity index (χ4n) is 2.91. The quantitative estimate of drug-likeness (QED) is 0.0566. The van der Waals surface area contributed by atoms with E-state index >= 15 is 0 Å². The van der Waals surface area contributed by atoms with Gasteiger partial charge in [0.25, 0.3) is 0 Å². The number of amides is 4. The molecule has 17 nitrogen and oxygen atoms in total. The molecule has 14 N–H and O–H groups in total. The molecule has 0 saturated carbocycles. The van der Waals surface area contributed by atoms with E-state index in [9.17, 15) is 34.2 Å². The summed E-state index contributed by atoms with van der Waals surface area (Å²) in [6.07, 6.45) is 2.45. The molecule has 36 heavy (non-hydrogen) atoms. The lowest BCUT2D eigenvalue weighted by Crippen LogP contribution is -2.58. The maximum Gasteiger partial charge on any atom is 0.326 e. The Balaban J connectivity index is 2.79. The van der Waals surface area contributed by atoms with Crippen molar-refractivity contribution in [1.29, 1.82) is 0 Å². The van der Waals surface area contributed by atoms with Crippen LogP contribution in [0.1, 0.15) is 25.0 Å². The molecule has 1 aromatic rings. The van der Waals surface area contributed by atoms with Gasteiger partial charge in [-0.05, 0) is 12.8 Å². The maximum atomic E-state index is 12.7. The highest BCUT2D eigenvalue weighted by Crippen LogP contribution is 2.02. The number of hydrogen-bond acceptors (Lipinski definition) is 9. The lowest BCUT2D eigenvalue weighted by Gasteiger charge is -2.23. The lowest BCUT2D eigenvalue weighted by atomic mass is 10.1. The summed E-state index contributed by atoms with van der Waals surface area (Å²) >= 11 is 0. The number of aliphatic hydroxyl groups excluding tert-OH is 1. The van der Waals surface area contributed by atoms with Crippen LogP contribution in [0.5, 0.6) is 0 Å². The average molecular weight is 513 g/mol. The Morgan fingerprint density at radius 3 is 2.14 bits per heavy atom. The highest BCUT2D eigenvalue weighted by atomic mass is 16.4. The highest BCUT2D eigenvalue weighted by molar-refractivity contribution is 5.96. The number of imidazole rings is 1. The molecule has 0 radical (unpaired) electrons. The molecule has 0 aliphatic rings. The minimum Gasteiger partial charge on any atom is -0.480 e. The van der Waals surface area contributed by atoms with Crippen LogP contribution in [0.2, 0.25) is 0 Å². The van der Waals surface area contributed by atoms with Crippen LogP contribution in [0.3, 0.4) is 0 Å². The number of carbonyl (C=O) groups excluding carboxylic acids is 4. The maximum absolute atomic E-state index is 12.7. The van der Waals surface area contributed by atoms with Crippen molar-refractivity contribution in [1.82, 2.24) is 25.9 Å². The molecule has 17 heteroatoms. The second-order valence-electron chi connectivity index (χ2n) is 7.71. The number of guanidine groups is 1. The zero-order valence-corrected chi connectivity index (χ0v) is 19.3. The van der Waals surface area contributed by atoms with Gasteiger partial charge in [0, 0.05) is 24.9 Å². The number of aliphatic imine (C=N–C) groups is 1. The van der Waals surface area contributed by atoms with Gasteiger partial charge in [-0.25, -0.2) is 9.78 Å². The lowest BCUT2D eigenvalue weighted by molar-refractivity contribution is -0.143. The molecular weight excluding hydrogens is 480 g/mol. The zero-order chi connectivity index (χ0) is 27.3. The Morgan fingerprint density at radius 1 is 1.00 bits per heavy atom. The topological polar surface area (TPSA) is 307 Å². The Labute approximate surface area is 205 Å². The Kier molecular flexibility index (Phi) is 12.3. The SMILES string of the molecule is NC(=O)CC(NC(=O)C(N)Cc1cnc[nH]1)C(=O)NC(CO)C(=O)NC(CCCN=C(N)N)C(=O)O. The van der Waals surface area contributed by atoms with Crippen LogP contribution in [0.4, 0.5) is 0 Å². The van der Waals surface area contributed by atoms with Crippen molar-refractivity contribution in [2.24, 2.45) is 27.9 Å². The molecule has 0 spiro atoms. The number of carboxylic acid groups (broad SMARTS) is 1. The first-order chi connectivity index (χ1) is 16.9. The number of carbonyl (C=O) groups is 5.